The Morgan fingerprint density at radius 3 is 2.22 bits per heavy atom. The van der Waals surface area contributed by atoms with E-state index in [1.54, 1.807) is 42.5 Å². The highest BCUT2D eigenvalue weighted by molar-refractivity contribution is 7.92. The molecule has 0 radical (unpaired) electrons. The summed E-state index contributed by atoms with van der Waals surface area (Å²) in [6, 6.07) is 16.6. The van der Waals surface area contributed by atoms with Crippen LogP contribution in [0.5, 0.6) is 0 Å². The van der Waals surface area contributed by atoms with Gasteiger partial charge in [0.2, 0.25) is 0 Å². The third-order valence-corrected chi connectivity index (χ3v) is 5.55. The monoisotopic (exact) mass is 388 g/mol. The number of sulfonamides is 1. The molecule has 0 aliphatic rings. The fourth-order valence-electron chi connectivity index (χ4n) is 2.62. The van der Waals surface area contributed by atoms with Gasteiger partial charge < -0.3 is 5.32 Å². The molecule has 3 rings (SSSR count). The third-order valence-electron chi connectivity index (χ3n) is 4.00. The standard InChI is InChI=1S/C20H18F2N2O2S/c1-14-12-16(21)6-11-20(14)27(25,26)24-18-9-7-17(8-10-18)23-13-15-4-2-3-5-19(15)22/h2-12,23-24H,13H2,1H3. The van der Waals surface area contributed by atoms with Crippen molar-refractivity contribution in [3.05, 3.63) is 89.5 Å². The minimum atomic E-state index is -3.82. The summed E-state index contributed by atoms with van der Waals surface area (Å²) in [7, 11) is -3.82. The van der Waals surface area contributed by atoms with Gasteiger partial charge in [0.25, 0.3) is 10.0 Å². The molecule has 0 bridgehead atoms. The van der Waals surface area contributed by atoms with Crippen molar-refractivity contribution < 1.29 is 17.2 Å². The predicted octanol–water partition coefficient (Wildman–Crippen LogP) is 4.69. The molecule has 0 saturated heterocycles. The van der Waals surface area contributed by atoms with E-state index in [-0.39, 0.29) is 10.7 Å². The number of anilines is 2. The number of halogens is 2. The van der Waals surface area contributed by atoms with Gasteiger partial charge in [0, 0.05) is 23.5 Å². The summed E-state index contributed by atoms with van der Waals surface area (Å²) in [5.41, 5.74) is 1.95. The van der Waals surface area contributed by atoms with Gasteiger partial charge in [-0.1, -0.05) is 18.2 Å². The van der Waals surface area contributed by atoms with Crippen LogP contribution in [0.1, 0.15) is 11.1 Å². The molecule has 0 amide bonds. The zero-order chi connectivity index (χ0) is 19.4. The molecule has 0 spiro atoms. The van der Waals surface area contributed by atoms with E-state index in [2.05, 4.69) is 10.0 Å². The molecule has 140 valence electrons. The van der Waals surface area contributed by atoms with Gasteiger partial charge >= 0.3 is 0 Å². The molecular weight excluding hydrogens is 370 g/mol. The minimum Gasteiger partial charge on any atom is -0.381 e. The van der Waals surface area contributed by atoms with Gasteiger partial charge in [-0.2, -0.15) is 0 Å². The van der Waals surface area contributed by atoms with Crippen molar-refractivity contribution in [2.45, 2.75) is 18.4 Å². The SMILES string of the molecule is Cc1cc(F)ccc1S(=O)(=O)Nc1ccc(NCc2ccccc2F)cc1. The second kappa shape index (κ2) is 7.75. The average molecular weight is 388 g/mol. The number of hydrogen-bond donors (Lipinski definition) is 2. The molecule has 0 unspecified atom stereocenters. The lowest BCUT2D eigenvalue weighted by Crippen LogP contribution is -2.14. The van der Waals surface area contributed by atoms with Gasteiger partial charge in [-0.25, -0.2) is 17.2 Å². The van der Waals surface area contributed by atoms with Crippen LogP contribution in [-0.2, 0) is 16.6 Å². The van der Waals surface area contributed by atoms with Crippen molar-refractivity contribution in [3.8, 4) is 0 Å². The van der Waals surface area contributed by atoms with Crippen molar-refractivity contribution in [2.24, 2.45) is 0 Å². The minimum absolute atomic E-state index is 0.0191. The second-order valence-corrected chi connectivity index (χ2v) is 7.69. The Morgan fingerprint density at radius 2 is 1.56 bits per heavy atom. The third kappa shape index (κ3) is 4.62. The summed E-state index contributed by atoms with van der Waals surface area (Å²) in [5, 5.41) is 3.08. The average Bonchev–Trinajstić information content (AvgIpc) is 2.61. The van der Waals surface area contributed by atoms with E-state index in [0.717, 1.165) is 11.8 Å². The number of aryl methyl sites for hydroxylation is 1. The molecule has 0 aromatic heterocycles. The summed E-state index contributed by atoms with van der Waals surface area (Å²) < 4.78 is 54.2. The highest BCUT2D eigenvalue weighted by Gasteiger charge is 2.17. The first-order chi connectivity index (χ1) is 12.8. The van der Waals surface area contributed by atoms with Gasteiger partial charge in [-0.3, -0.25) is 4.72 Å². The van der Waals surface area contributed by atoms with Gasteiger partial charge in [-0.05, 0) is 61.0 Å². The maximum Gasteiger partial charge on any atom is 0.262 e. The molecule has 27 heavy (non-hydrogen) atoms. The molecule has 2 N–H and O–H groups in total. The van der Waals surface area contributed by atoms with E-state index in [9.17, 15) is 17.2 Å². The van der Waals surface area contributed by atoms with E-state index >= 15 is 0 Å². The van der Waals surface area contributed by atoms with Crippen molar-refractivity contribution in [3.63, 3.8) is 0 Å². The lowest BCUT2D eigenvalue weighted by atomic mass is 10.2. The molecular formula is C20H18F2N2O2S. The molecule has 4 nitrogen and oxygen atoms in total. The summed E-state index contributed by atoms with van der Waals surface area (Å²) >= 11 is 0. The van der Waals surface area contributed by atoms with E-state index in [0.29, 0.717) is 23.4 Å². The number of benzene rings is 3. The topological polar surface area (TPSA) is 58.2 Å². The lowest BCUT2D eigenvalue weighted by molar-refractivity contribution is 0.598. The Kier molecular flexibility index (Phi) is 5.41. The smallest absolute Gasteiger partial charge is 0.262 e. The van der Waals surface area contributed by atoms with Gasteiger partial charge in [0.05, 0.1) is 4.90 Å². The van der Waals surface area contributed by atoms with Crippen LogP contribution in [-0.4, -0.2) is 8.42 Å². The Hall–Kier alpha value is -2.93. The van der Waals surface area contributed by atoms with Crippen molar-refractivity contribution in [2.75, 3.05) is 10.0 Å². The first-order valence-electron chi connectivity index (χ1n) is 8.21. The van der Waals surface area contributed by atoms with Crippen LogP contribution in [0.15, 0.2) is 71.6 Å². The molecule has 0 heterocycles. The molecule has 3 aromatic rings. The maximum atomic E-state index is 13.6. The molecule has 3 aromatic carbocycles. The van der Waals surface area contributed by atoms with Crippen LogP contribution in [0.4, 0.5) is 20.2 Å². The fraction of sp³-hybridized carbons (Fsp3) is 0.100. The summed E-state index contributed by atoms with van der Waals surface area (Å²) in [4.78, 5) is 0.0191. The highest BCUT2D eigenvalue weighted by atomic mass is 32.2. The van der Waals surface area contributed by atoms with Crippen LogP contribution in [0.3, 0.4) is 0 Å². The van der Waals surface area contributed by atoms with Crippen molar-refractivity contribution in [1.29, 1.82) is 0 Å². The zero-order valence-corrected chi connectivity index (χ0v) is 15.4. The molecule has 0 saturated carbocycles. The maximum absolute atomic E-state index is 13.6. The van der Waals surface area contributed by atoms with Crippen LogP contribution < -0.4 is 10.0 Å². The normalized spacial score (nSPS) is 11.2. The second-order valence-electron chi connectivity index (χ2n) is 6.04. The van der Waals surface area contributed by atoms with Crippen molar-refractivity contribution >= 4 is 21.4 Å². The predicted molar refractivity (Wildman–Crippen MR) is 102 cm³/mol. The van der Waals surface area contributed by atoms with Crippen LogP contribution in [0, 0.1) is 18.6 Å². The van der Waals surface area contributed by atoms with Gasteiger partial charge in [0.15, 0.2) is 0 Å². The Bertz CT molecular complexity index is 1050. The summed E-state index contributed by atoms with van der Waals surface area (Å²) in [6.45, 7) is 1.85. The quantitative estimate of drug-likeness (QED) is 0.644. The van der Waals surface area contributed by atoms with E-state index in [4.69, 9.17) is 0 Å². The van der Waals surface area contributed by atoms with Gasteiger partial charge in [0.1, 0.15) is 11.6 Å². The van der Waals surface area contributed by atoms with Crippen molar-refractivity contribution in [1.82, 2.24) is 0 Å². The molecule has 0 aliphatic heterocycles. The summed E-state index contributed by atoms with van der Waals surface area (Å²) in [5.74, 6) is -0.777. The van der Waals surface area contributed by atoms with Gasteiger partial charge in [-0.15, -0.1) is 0 Å². The van der Waals surface area contributed by atoms with Crippen LogP contribution >= 0.6 is 0 Å². The largest absolute Gasteiger partial charge is 0.381 e. The molecule has 7 heteroatoms. The van der Waals surface area contributed by atoms with E-state index < -0.39 is 15.8 Å². The lowest BCUT2D eigenvalue weighted by Gasteiger charge is -2.12. The summed E-state index contributed by atoms with van der Waals surface area (Å²) in [6.07, 6.45) is 0. The Morgan fingerprint density at radius 1 is 0.889 bits per heavy atom. The highest BCUT2D eigenvalue weighted by Crippen LogP contribution is 2.21. The first-order valence-corrected chi connectivity index (χ1v) is 9.70. The van der Waals surface area contributed by atoms with Crippen LogP contribution in [0.2, 0.25) is 0 Å². The number of nitrogens with one attached hydrogen (secondary N) is 2. The molecule has 0 fully saturated rings. The fourth-order valence-corrected chi connectivity index (χ4v) is 3.91. The Balaban J connectivity index is 1.69. The van der Waals surface area contributed by atoms with Crippen LogP contribution in [0.25, 0.3) is 0 Å². The molecule has 0 atom stereocenters. The number of rotatable bonds is 6. The van der Waals surface area contributed by atoms with E-state index in [1.807, 2.05) is 0 Å². The first kappa shape index (κ1) is 18.8. The molecule has 0 aliphatic carbocycles. The van der Waals surface area contributed by atoms with E-state index in [1.165, 1.54) is 25.1 Å². The Labute approximate surface area is 156 Å². The zero-order valence-electron chi connectivity index (χ0n) is 14.5. The number of hydrogen-bond acceptors (Lipinski definition) is 3.